The molecule has 0 saturated heterocycles. The van der Waals surface area contributed by atoms with Crippen molar-refractivity contribution in [1.82, 2.24) is 4.31 Å². The average Bonchev–Trinajstić information content (AvgIpc) is 3.17. The molecule has 0 radical (unpaired) electrons. The molecular formula is C13H19ClN2O2S. The Morgan fingerprint density at radius 1 is 1.47 bits per heavy atom. The van der Waals surface area contributed by atoms with Gasteiger partial charge in [0.25, 0.3) is 0 Å². The lowest BCUT2D eigenvalue weighted by molar-refractivity contribution is 0.340. The highest BCUT2D eigenvalue weighted by Gasteiger charge is 2.38. The van der Waals surface area contributed by atoms with E-state index in [-0.39, 0.29) is 10.9 Å². The monoisotopic (exact) mass is 302 g/mol. The van der Waals surface area contributed by atoms with Crippen LogP contribution < -0.4 is 5.73 Å². The molecular weight excluding hydrogens is 284 g/mol. The normalized spacial score (nSPS) is 17.7. The molecule has 2 rings (SSSR count). The second kappa shape index (κ2) is 5.40. The number of benzene rings is 1. The van der Waals surface area contributed by atoms with Crippen LogP contribution in [0.4, 0.5) is 0 Å². The van der Waals surface area contributed by atoms with Crippen LogP contribution in [0.5, 0.6) is 0 Å². The fourth-order valence-electron chi connectivity index (χ4n) is 2.30. The molecule has 1 atom stereocenters. The maximum atomic E-state index is 12.6. The Morgan fingerprint density at radius 2 is 2.11 bits per heavy atom. The molecule has 1 aliphatic carbocycles. The molecule has 6 heteroatoms. The Bertz CT molecular complexity index is 570. The number of aryl methyl sites for hydroxylation is 1. The van der Waals surface area contributed by atoms with Crippen molar-refractivity contribution in [1.29, 1.82) is 0 Å². The molecule has 19 heavy (non-hydrogen) atoms. The Labute approximate surface area is 119 Å². The van der Waals surface area contributed by atoms with Crippen LogP contribution in [0, 0.1) is 12.8 Å². The minimum Gasteiger partial charge on any atom is -0.329 e. The molecule has 4 nitrogen and oxygen atoms in total. The third kappa shape index (κ3) is 2.94. The zero-order chi connectivity index (χ0) is 14.2. The van der Waals surface area contributed by atoms with E-state index in [9.17, 15) is 8.42 Å². The van der Waals surface area contributed by atoms with E-state index in [0.717, 1.165) is 12.8 Å². The number of halogens is 1. The minimum atomic E-state index is -3.54. The topological polar surface area (TPSA) is 63.4 Å². The van der Waals surface area contributed by atoms with Crippen molar-refractivity contribution < 1.29 is 8.42 Å². The van der Waals surface area contributed by atoms with Gasteiger partial charge in [-0.2, -0.15) is 4.31 Å². The summed E-state index contributed by atoms with van der Waals surface area (Å²) in [6.07, 6.45) is 2.10. The van der Waals surface area contributed by atoms with Crippen LogP contribution in [0.1, 0.15) is 18.4 Å². The number of likely N-dealkylation sites (N-methyl/N-ethyl adjacent to an activating group) is 1. The quantitative estimate of drug-likeness (QED) is 0.905. The zero-order valence-electron chi connectivity index (χ0n) is 11.1. The summed E-state index contributed by atoms with van der Waals surface area (Å²) in [7, 11) is -1.94. The van der Waals surface area contributed by atoms with Crippen molar-refractivity contribution in [2.24, 2.45) is 11.7 Å². The van der Waals surface area contributed by atoms with E-state index in [0.29, 0.717) is 23.0 Å². The summed E-state index contributed by atoms with van der Waals surface area (Å²) in [6, 6.07) is 4.79. The molecule has 0 spiro atoms. The van der Waals surface area contributed by atoms with Crippen molar-refractivity contribution >= 4 is 21.6 Å². The van der Waals surface area contributed by atoms with E-state index in [1.54, 1.807) is 26.1 Å². The van der Waals surface area contributed by atoms with Gasteiger partial charge in [-0.3, -0.25) is 0 Å². The zero-order valence-corrected chi connectivity index (χ0v) is 12.7. The summed E-state index contributed by atoms with van der Waals surface area (Å²) in [5.41, 5.74) is 6.42. The van der Waals surface area contributed by atoms with Gasteiger partial charge in [0.15, 0.2) is 0 Å². The lowest BCUT2D eigenvalue weighted by atomic mass is 10.2. The van der Waals surface area contributed by atoms with E-state index >= 15 is 0 Å². The number of sulfonamides is 1. The first-order chi connectivity index (χ1) is 8.87. The molecule has 0 heterocycles. The smallest absolute Gasteiger partial charge is 0.243 e. The van der Waals surface area contributed by atoms with E-state index in [4.69, 9.17) is 17.3 Å². The van der Waals surface area contributed by atoms with Crippen LogP contribution in [0.25, 0.3) is 0 Å². The van der Waals surface area contributed by atoms with Gasteiger partial charge in [-0.15, -0.1) is 0 Å². The third-order valence-corrected chi connectivity index (χ3v) is 5.94. The lowest BCUT2D eigenvalue weighted by Crippen LogP contribution is -2.43. The summed E-state index contributed by atoms with van der Waals surface area (Å²) in [5, 5.41) is 0.424. The molecule has 1 fully saturated rings. The fourth-order valence-corrected chi connectivity index (χ4v) is 4.22. The standard InChI is InChI=1S/C13H19ClN2O2S/c1-9-3-6-11(14)7-13(9)19(17,18)16(2)12(8-15)10-4-5-10/h3,6-7,10,12H,4-5,8,15H2,1-2H3. The van der Waals surface area contributed by atoms with Gasteiger partial charge in [0.1, 0.15) is 0 Å². The molecule has 1 aliphatic rings. The van der Waals surface area contributed by atoms with Gasteiger partial charge in [-0.25, -0.2) is 8.42 Å². The molecule has 1 unspecified atom stereocenters. The van der Waals surface area contributed by atoms with Crippen LogP contribution in [-0.2, 0) is 10.0 Å². The number of nitrogens with zero attached hydrogens (tertiary/aromatic N) is 1. The Morgan fingerprint density at radius 3 is 2.63 bits per heavy atom. The van der Waals surface area contributed by atoms with Crippen molar-refractivity contribution in [2.75, 3.05) is 13.6 Å². The van der Waals surface area contributed by atoms with Gasteiger partial charge in [0.05, 0.1) is 4.90 Å². The summed E-state index contributed by atoms with van der Waals surface area (Å²) in [4.78, 5) is 0.265. The van der Waals surface area contributed by atoms with Crippen LogP contribution >= 0.6 is 11.6 Å². The highest BCUT2D eigenvalue weighted by Crippen LogP contribution is 2.36. The van der Waals surface area contributed by atoms with Crippen molar-refractivity contribution in [3.63, 3.8) is 0 Å². The number of nitrogens with two attached hydrogens (primary N) is 1. The second-order valence-electron chi connectivity index (χ2n) is 5.07. The van der Waals surface area contributed by atoms with Crippen LogP contribution in [0.15, 0.2) is 23.1 Å². The first-order valence-electron chi connectivity index (χ1n) is 6.32. The average molecular weight is 303 g/mol. The first-order valence-corrected chi connectivity index (χ1v) is 8.14. The molecule has 106 valence electrons. The van der Waals surface area contributed by atoms with Gasteiger partial charge >= 0.3 is 0 Å². The molecule has 0 aliphatic heterocycles. The predicted octanol–water partition coefficient (Wildman–Crippen LogP) is 2.01. The van der Waals surface area contributed by atoms with E-state index < -0.39 is 10.0 Å². The molecule has 0 aromatic heterocycles. The predicted molar refractivity (Wildman–Crippen MR) is 76.7 cm³/mol. The largest absolute Gasteiger partial charge is 0.329 e. The van der Waals surface area contributed by atoms with Crippen LogP contribution in [0.3, 0.4) is 0 Å². The van der Waals surface area contributed by atoms with Crippen molar-refractivity contribution in [2.45, 2.75) is 30.7 Å². The highest BCUT2D eigenvalue weighted by atomic mass is 35.5. The van der Waals surface area contributed by atoms with E-state index in [2.05, 4.69) is 0 Å². The van der Waals surface area contributed by atoms with E-state index in [1.807, 2.05) is 0 Å². The number of hydrogen-bond donors (Lipinski definition) is 1. The van der Waals surface area contributed by atoms with Crippen molar-refractivity contribution in [3.8, 4) is 0 Å². The molecule has 0 bridgehead atoms. The number of rotatable bonds is 5. The molecule has 1 saturated carbocycles. The van der Waals surface area contributed by atoms with Crippen molar-refractivity contribution in [3.05, 3.63) is 28.8 Å². The SMILES string of the molecule is Cc1ccc(Cl)cc1S(=O)(=O)N(C)C(CN)C1CC1. The van der Waals surface area contributed by atoms with Crippen LogP contribution in [-0.4, -0.2) is 32.4 Å². The summed E-state index contributed by atoms with van der Waals surface area (Å²) in [6.45, 7) is 2.12. The molecule has 0 amide bonds. The Balaban J connectivity index is 2.38. The van der Waals surface area contributed by atoms with Gasteiger partial charge in [0, 0.05) is 24.7 Å². The van der Waals surface area contributed by atoms with Gasteiger partial charge in [-0.05, 0) is 43.4 Å². The lowest BCUT2D eigenvalue weighted by Gasteiger charge is -2.27. The molecule has 1 aromatic carbocycles. The Kier molecular flexibility index (Phi) is 4.20. The molecule has 1 aromatic rings. The maximum absolute atomic E-state index is 12.6. The van der Waals surface area contributed by atoms with Gasteiger partial charge < -0.3 is 5.73 Å². The van der Waals surface area contributed by atoms with Gasteiger partial charge in [-0.1, -0.05) is 17.7 Å². The fraction of sp³-hybridized carbons (Fsp3) is 0.538. The third-order valence-electron chi connectivity index (χ3n) is 3.68. The summed E-state index contributed by atoms with van der Waals surface area (Å²) in [5.74, 6) is 0.393. The van der Waals surface area contributed by atoms with Gasteiger partial charge in [0.2, 0.25) is 10.0 Å². The maximum Gasteiger partial charge on any atom is 0.243 e. The minimum absolute atomic E-state index is 0.122. The number of hydrogen-bond acceptors (Lipinski definition) is 3. The highest BCUT2D eigenvalue weighted by molar-refractivity contribution is 7.89. The van der Waals surface area contributed by atoms with E-state index in [1.165, 1.54) is 10.4 Å². The Hall–Kier alpha value is -0.620. The molecule has 2 N–H and O–H groups in total. The summed E-state index contributed by atoms with van der Waals surface area (Å²) >= 11 is 5.91. The summed E-state index contributed by atoms with van der Waals surface area (Å²) < 4.78 is 26.7. The first kappa shape index (κ1) is 14.8. The van der Waals surface area contributed by atoms with Crippen LogP contribution in [0.2, 0.25) is 5.02 Å². The second-order valence-corrected chi connectivity index (χ2v) is 7.47.